The van der Waals surface area contributed by atoms with Gasteiger partial charge in [-0.15, -0.1) is 0 Å². The van der Waals surface area contributed by atoms with Gasteiger partial charge >= 0.3 is 0 Å². The zero-order valence-corrected chi connectivity index (χ0v) is 16.9. The molecule has 0 radical (unpaired) electrons. The molecule has 2 aromatic heterocycles. The van der Waals surface area contributed by atoms with Gasteiger partial charge in [-0.05, 0) is 49.4 Å². The van der Waals surface area contributed by atoms with E-state index >= 15 is 0 Å². The smallest absolute Gasteiger partial charge is 0.278 e. The van der Waals surface area contributed by atoms with Gasteiger partial charge in [-0.2, -0.15) is 5.10 Å². The molecule has 0 aliphatic carbocycles. The van der Waals surface area contributed by atoms with Crippen LogP contribution in [-0.2, 0) is 7.05 Å². The second kappa shape index (κ2) is 7.91. The van der Waals surface area contributed by atoms with Crippen LogP contribution in [0.1, 0.15) is 40.8 Å². The number of hydrogen-bond donors (Lipinski definition) is 2. The molecule has 2 N–H and O–H groups in total. The Morgan fingerprint density at radius 3 is 2.67 bits per heavy atom. The average molecular weight is 413 g/mol. The van der Waals surface area contributed by atoms with Crippen LogP contribution in [0.3, 0.4) is 0 Å². The molecule has 30 heavy (non-hydrogen) atoms. The number of piperidine rings is 1. The fourth-order valence-corrected chi connectivity index (χ4v) is 3.96. The van der Waals surface area contributed by atoms with Crippen molar-refractivity contribution in [2.24, 2.45) is 13.0 Å². The third kappa shape index (κ3) is 3.68. The van der Waals surface area contributed by atoms with Crippen molar-refractivity contribution in [3.63, 3.8) is 0 Å². The topological polar surface area (TPSA) is 96.4 Å². The maximum absolute atomic E-state index is 13.4. The maximum atomic E-state index is 13.4. The Hall–Kier alpha value is -3.20. The first-order valence-corrected chi connectivity index (χ1v) is 9.85. The molecule has 0 bridgehead atoms. The van der Waals surface area contributed by atoms with Crippen molar-refractivity contribution in [2.75, 3.05) is 13.1 Å². The van der Waals surface area contributed by atoms with Gasteiger partial charge in [-0.1, -0.05) is 0 Å². The number of carbonyl (C=O) groups excluding carboxylic acids is 1. The van der Waals surface area contributed by atoms with E-state index in [0.717, 1.165) is 0 Å². The molecule has 3 heterocycles. The first-order chi connectivity index (χ1) is 14.3. The molecule has 1 unspecified atom stereocenters. The third-order valence-corrected chi connectivity index (χ3v) is 5.70. The molecular weight excluding hydrogens is 389 g/mol. The van der Waals surface area contributed by atoms with E-state index in [-0.39, 0.29) is 29.1 Å². The molecular formula is C21H24FN5O3. The zero-order valence-electron chi connectivity index (χ0n) is 16.9. The second-order valence-corrected chi connectivity index (χ2v) is 7.71. The van der Waals surface area contributed by atoms with E-state index in [2.05, 4.69) is 10.1 Å². The van der Waals surface area contributed by atoms with E-state index in [1.165, 1.54) is 23.0 Å². The molecule has 1 aliphatic heterocycles. The number of nitrogens with zero attached hydrogens (tertiary/aromatic N) is 5. The molecule has 0 saturated carbocycles. The number of amides is 1. The molecule has 158 valence electrons. The normalized spacial score (nSPS) is 16.1. The van der Waals surface area contributed by atoms with Crippen molar-refractivity contribution in [1.29, 1.82) is 0 Å². The molecule has 1 atom stereocenters. The number of likely N-dealkylation sites (tertiary alicyclic amines) is 1. The Bertz CT molecular complexity index is 1070. The molecule has 1 fully saturated rings. The summed E-state index contributed by atoms with van der Waals surface area (Å²) in [6.45, 7) is 2.63. The first kappa shape index (κ1) is 20.1. The predicted molar refractivity (Wildman–Crippen MR) is 107 cm³/mol. The zero-order chi connectivity index (χ0) is 21.4. The van der Waals surface area contributed by atoms with Crippen LogP contribution in [0.4, 0.5) is 4.39 Å². The number of aliphatic hydroxyl groups excluding tert-OH is 1. The van der Waals surface area contributed by atoms with Gasteiger partial charge in [0.2, 0.25) is 0 Å². The lowest BCUT2D eigenvalue weighted by Crippen LogP contribution is -2.40. The van der Waals surface area contributed by atoms with Crippen LogP contribution in [0.15, 0.2) is 36.8 Å². The summed E-state index contributed by atoms with van der Waals surface area (Å²) in [4.78, 5) is 18.8. The minimum Gasteiger partial charge on any atom is -0.504 e. The number of hydrogen-bond acceptors (Lipinski definition) is 5. The molecule has 8 nitrogen and oxygen atoms in total. The van der Waals surface area contributed by atoms with Crippen LogP contribution in [0.25, 0.3) is 5.69 Å². The SMILES string of the molecule is Cc1cc(F)ccc1-n1cc(O)c(C(=O)N2CCC(C(O)c3nccn3C)CC2)n1. The van der Waals surface area contributed by atoms with Gasteiger partial charge < -0.3 is 19.7 Å². The largest absolute Gasteiger partial charge is 0.504 e. The van der Waals surface area contributed by atoms with Crippen LogP contribution < -0.4 is 0 Å². The molecule has 4 rings (SSSR count). The quantitative estimate of drug-likeness (QED) is 0.685. The first-order valence-electron chi connectivity index (χ1n) is 9.85. The maximum Gasteiger partial charge on any atom is 0.278 e. The number of imidazole rings is 1. The van der Waals surface area contributed by atoms with Gasteiger partial charge in [0.25, 0.3) is 5.91 Å². The number of aromatic nitrogens is 4. The van der Waals surface area contributed by atoms with Crippen molar-refractivity contribution in [1.82, 2.24) is 24.2 Å². The average Bonchev–Trinajstić information content (AvgIpc) is 3.32. The van der Waals surface area contributed by atoms with Gasteiger partial charge in [0.05, 0.1) is 11.9 Å². The van der Waals surface area contributed by atoms with E-state index in [0.29, 0.717) is 43.0 Å². The van der Waals surface area contributed by atoms with E-state index in [9.17, 15) is 19.4 Å². The van der Waals surface area contributed by atoms with Gasteiger partial charge in [-0.25, -0.2) is 14.1 Å². The lowest BCUT2D eigenvalue weighted by molar-refractivity contribution is 0.0415. The molecule has 1 amide bonds. The van der Waals surface area contributed by atoms with Crippen LogP contribution in [0.2, 0.25) is 0 Å². The summed E-state index contributed by atoms with van der Waals surface area (Å²) < 4.78 is 16.5. The van der Waals surface area contributed by atoms with E-state index in [1.54, 1.807) is 34.9 Å². The molecule has 0 spiro atoms. The number of rotatable bonds is 4. The highest BCUT2D eigenvalue weighted by atomic mass is 19.1. The number of carbonyl (C=O) groups is 1. The van der Waals surface area contributed by atoms with Crippen LogP contribution in [0, 0.1) is 18.7 Å². The summed E-state index contributed by atoms with van der Waals surface area (Å²) in [7, 11) is 1.84. The minimum absolute atomic E-state index is 0.00293. The standard InChI is InChI=1S/C21H24FN5O3/c1-13-11-15(22)3-4-16(13)27-12-17(28)18(24-27)21(30)26-8-5-14(6-9-26)19(29)20-23-7-10-25(20)2/h3-4,7,10-12,14,19,28-29H,5-6,8-9H2,1-2H3. The Morgan fingerprint density at radius 2 is 2.03 bits per heavy atom. The molecule has 3 aromatic rings. The van der Waals surface area contributed by atoms with E-state index in [4.69, 9.17) is 0 Å². The highest BCUT2D eigenvalue weighted by molar-refractivity contribution is 5.94. The number of aryl methyl sites for hydroxylation is 2. The monoisotopic (exact) mass is 413 g/mol. The lowest BCUT2D eigenvalue weighted by atomic mass is 9.90. The van der Waals surface area contributed by atoms with Crippen molar-refractivity contribution >= 4 is 5.91 Å². The fraction of sp³-hybridized carbons (Fsp3) is 0.381. The second-order valence-electron chi connectivity index (χ2n) is 7.71. The van der Waals surface area contributed by atoms with Crippen molar-refractivity contribution in [3.05, 3.63) is 59.7 Å². The molecule has 1 aliphatic rings. The van der Waals surface area contributed by atoms with Gasteiger partial charge in [0.15, 0.2) is 11.4 Å². The summed E-state index contributed by atoms with van der Waals surface area (Å²) in [6, 6.07) is 4.23. The van der Waals surface area contributed by atoms with Gasteiger partial charge in [0.1, 0.15) is 17.7 Å². The summed E-state index contributed by atoms with van der Waals surface area (Å²) >= 11 is 0. The summed E-state index contributed by atoms with van der Waals surface area (Å²) in [5.74, 6) is -0.330. The van der Waals surface area contributed by atoms with Crippen molar-refractivity contribution in [2.45, 2.75) is 25.9 Å². The van der Waals surface area contributed by atoms with Gasteiger partial charge in [0, 0.05) is 32.5 Å². The predicted octanol–water partition coefficient (Wildman–Crippen LogP) is 2.34. The van der Waals surface area contributed by atoms with Crippen LogP contribution in [0.5, 0.6) is 5.75 Å². The van der Waals surface area contributed by atoms with Gasteiger partial charge in [-0.3, -0.25) is 4.79 Å². The highest BCUT2D eigenvalue weighted by Crippen LogP contribution is 2.31. The van der Waals surface area contributed by atoms with Crippen LogP contribution in [-0.4, -0.2) is 53.4 Å². The van der Waals surface area contributed by atoms with E-state index < -0.39 is 6.10 Å². The number of halogens is 1. The summed E-state index contributed by atoms with van der Waals surface area (Å²) in [5.41, 5.74) is 1.19. The lowest BCUT2D eigenvalue weighted by Gasteiger charge is -2.33. The number of aromatic hydroxyl groups is 1. The number of benzene rings is 1. The van der Waals surface area contributed by atoms with Crippen molar-refractivity contribution in [3.8, 4) is 11.4 Å². The van der Waals surface area contributed by atoms with E-state index in [1.807, 2.05) is 7.05 Å². The third-order valence-electron chi connectivity index (χ3n) is 5.70. The Balaban J connectivity index is 1.46. The fourth-order valence-electron chi connectivity index (χ4n) is 3.96. The minimum atomic E-state index is -0.684. The summed E-state index contributed by atoms with van der Waals surface area (Å²) in [5, 5.41) is 25.1. The Kier molecular flexibility index (Phi) is 5.29. The Labute approximate surface area is 173 Å². The molecule has 9 heteroatoms. The molecule has 1 aromatic carbocycles. The van der Waals surface area contributed by atoms with Crippen LogP contribution >= 0.6 is 0 Å². The highest BCUT2D eigenvalue weighted by Gasteiger charge is 2.32. The summed E-state index contributed by atoms with van der Waals surface area (Å²) in [6.07, 6.45) is 5.36. The molecule has 1 saturated heterocycles. The van der Waals surface area contributed by atoms with Crippen molar-refractivity contribution < 1.29 is 19.4 Å². The number of aliphatic hydroxyl groups is 1. The Morgan fingerprint density at radius 1 is 1.30 bits per heavy atom.